The second kappa shape index (κ2) is 6.87. The van der Waals surface area contributed by atoms with Crippen LogP contribution in [0.1, 0.15) is 27.5 Å². The van der Waals surface area contributed by atoms with E-state index in [9.17, 15) is 9.90 Å². The van der Waals surface area contributed by atoms with Crippen molar-refractivity contribution in [1.82, 2.24) is 0 Å². The van der Waals surface area contributed by atoms with Gasteiger partial charge in [0.1, 0.15) is 0 Å². The number of anilines is 2. The van der Waals surface area contributed by atoms with Crippen LogP contribution in [0.4, 0.5) is 11.4 Å². The molecule has 0 heterocycles. The van der Waals surface area contributed by atoms with Gasteiger partial charge in [-0.3, -0.25) is 0 Å². The summed E-state index contributed by atoms with van der Waals surface area (Å²) in [5.41, 5.74) is 8.95. The molecule has 3 aromatic rings. The van der Waals surface area contributed by atoms with Gasteiger partial charge in [-0.1, -0.05) is 60.7 Å². The zero-order chi connectivity index (χ0) is 16.9. The van der Waals surface area contributed by atoms with E-state index in [1.54, 1.807) is 12.1 Å². The molecule has 120 valence electrons. The number of nitrogens with two attached hydrogens (primary N) is 1. The van der Waals surface area contributed by atoms with Gasteiger partial charge in [-0.2, -0.15) is 0 Å². The third kappa shape index (κ3) is 3.38. The summed E-state index contributed by atoms with van der Waals surface area (Å²) >= 11 is 0. The molecule has 0 fully saturated rings. The van der Waals surface area contributed by atoms with E-state index >= 15 is 0 Å². The number of benzene rings is 3. The van der Waals surface area contributed by atoms with E-state index in [0.29, 0.717) is 11.4 Å². The molecule has 0 aliphatic rings. The molecule has 3 aromatic carbocycles. The minimum Gasteiger partial charge on any atom is -0.478 e. The molecule has 4 N–H and O–H groups in total. The topological polar surface area (TPSA) is 75.3 Å². The maximum atomic E-state index is 11.5. The Kier molecular flexibility index (Phi) is 4.47. The molecule has 0 saturated carbocycles. The highest BCUT2D eigenvalue weighted by Gasteiger charge is 2.17. The number of hydrogen-bond acceptors (Lipinski definition) is 3. The van der Waals surface area contributed by atoms with Gasteiger partial charge < -0.3 is 16.2 Å². The lowest BCUT2D eigenvalue weighted by atomic mass is 9.98. The van der Waals surface area contributed by atoms with E-state index in [0.717, 1.165) is 11.1 Å². The number of carboxylic acids is 1. The van der Waals surface area contributed by atoms with Gasteiger partial charge in [-0.15, -0.1) is 0 Å². The van der Waals surface area contributed by atoms with Gasteiger partial charge in [0.15, 0.2) is 0 Å². The Morgan fingerprint density at radius 1 is 0.875 bits per heavy atom. The lowest BCUT2D eigenvalue weighted by Gasteiger charge is -2.22. The van der Waals surface area contributed by atoms with E-state index in [1.165, 1.54) is 6.07 Å². The average molecular weight is 318 g/mol. The van der Waals surface area contributed by atoms with Crippen LogP contribution < -0.4 is 11.1 Å². The minimum atomic E-state index is -1.01. The summed E-state index contributed by atoms with van der Waals surface area (Å²) < 4.78 is 0. The van der Waals surface area contributed by atoms with Gasteiger partial charge in [0, 0.05) is 11.4 Å². The molecule has 0 spiro atoms. The molecule has 0 saturated heterocycles. The maximum Gasteiger partial charge on any atom is 0.337 e. The summed E-state index contributed by atoms with van der Waals surface area (Å²) in [6, 6.07) is 24.6. The monoisotopic (exact) mass is 318 g/mol. The van der Waals surface area contributed by atoms with Crippen LogP contribution in [0.5, 0.6) is 0 Å². The fourth-order valence-corrected chi connectivity index (χ4v) is 2.67. The summed E-state index contributed by atoms with van der Waals surface area (Å²) in [6.07, 6.45) is 0. The highest BCUT2D eigenvalue weighted by molar-refractivity contribution is 5.95. The van der Waals surface area contributed by atoms with Gasteiger partial charge >= 0.3 is 5.97 Å². The van der Waals surface area contributed by atoms with Crippen LogP contribution in [0.3, 0.4) is 0 Å². The molecule has 0 radical (unpaired) electrons. The summed E-state index contributed by atoms with van der Waals surface area (Å²) in [4.78, 5) is 11.5. The molecule has 0 aromatic heterocycles. The Bertz CT molecular complexity index is 793. The summed E-state index contributed by atoms with van der Waals surface area (Å²) in [6.45, 7) is 0. The van der Waals surface area contributed by atoms with Crippen LogP contribution in [0, 0.1) is 0 Å². The van der Waals surface area contributed by atoms with Crippen molar-refractivity contribution in [3.05, 3.63) is 95.6 Å². The maximum absolute atomic E-state index is 11.5. The van der Waals surface area contributed by atoms with Crippen molar-refractivity contribution in [3.8, 4) is 0 Å². The smallest absolute Gasteiger partial charge is 0.337 e. The first-order chi connectivity index (χ1) is 11.6. The van der Waals surface area contributed by atoms with E-state index < -0.39 is 5.97 Å². The molecule has 0 bridgehead atoms. The second-order valence-corrected chi connectivity index (χ2v) is 5.51. The van der Waals surface area contributed by atoms with E-state index in [1.807, 2.05) is 60.7 Å². The number of nitrogens with one attached hydrogen (secondary N) is 1. The Morgan fingerprint density at radius 3 is 1.92 bits per heavy atom. The van der Waals surface area contributed by atoms with Crippen molar-refractivity contribution >= 4 is 17.3 Å². The van der Waals surface area contributed by atoms with Crippen molar-refractivity contribution < 1.29 is 9.90 Å². The quantitative estimate of drug-likeness (QED) is 0.617. The highest BCUT2D eigenvalue weighted by Crippen LogP contribution is 2.29. The summed E-state index contributed by atoms with van der Waals surface area (Å²) in [7, 11) is 0. The van der Waals surface area contributed by atoms with Crippen LogP contribution in [-0.2, 0) is 0 Å². The SMILES string of the molecule is Nc1ccc(NC(c2ccccc2)c2ccccc2)c(C(=O)O)c1. The van der Waals surface area contributed by atoms with Crippen molar-refractivity contribution in [2.75, 3.05) is 11.1 Å². The Labute approximate surface area is 140 Å². The van der Waals surface area contributed by atoms with Crippen molar-refractivity contribution in [3.63, 3.8) is 0 Å². The largest absolute Gasteiger partial charge is 0.478 e. The molecule has 4 heteroatoms. The zero-order valence-corrected chi connectivity index (χ0v) is 13.0. The van der Waals surface area contributed by atoms with Crippen LogP contribution in [-0.4, -0.2) is 11.1 Å². The first-order valence-corrected chi connectivity index (χ1v) is 7.64. The molecule has 0 aliphatic carbocycles. The van der Waals surface area contributed by atoms with Crippen molar-refractivity contribution in [1.29, 1.82) is 0 Å². The number of nitrogen functional groups attached to an aromatic ring is 1. The number of aromatic carboxylic acids is 1. The van der Waals surface area contributed by atoms with Gasteiger partial charge in [0.05, 0.1) is 11.6 Å². The molecule has 0 unspecified atom stereocenters. The molecule has 4 nitrogen and oxygen atoms in total. The summed E-state index contributed by atoms with van der Waals surface area (Å²) in [5, 5.41) is 12.8. The molecular formula is C20H18N2O2. The molecule has 0 amide bonds. The van der Waals surface area contributed by atoms with Gasteiger partial charge in [-0.05, 0) is 29.3 Å². The van der Waals surface area contributed by atoms with Crippen molar-refractivity contribution in [2.24, 2.45) is 0 Å². The third-order valence-corrected chi connectivity index (χ3v) is 3.84. The molecule has 0 atom stereocenters. The van der Waals surface area contributed by atoms with Crippen LogP contribution in [0.15, 0.2) is 78.9 Å². The lowest BCUT2D eigenvalue weighted by Crippen LogP contribution is -2.15. The van der Waals surface area contributed by atoms with Gasteiger partial charge in [0.25, 0.3) is 0 Å². The van der Waals surface area contributed by atoms with Crippen LogP contribution >= 0.6 is 0 Å². The lowest BCUT2D eigenvalue weighted by molar-refractivity contribution is 0.0698. The number of hydrogen-bond donors (Lipinski definition) is 3. The highest BCUT2D eigenvalue weighted by atomic mass is 16.4. The fraction of sp³-hybridized carbons (Fsp3) is 0.0500. The Hall–Kier alpha value is -3.27. The third-order valence-electron chi connectivity index (χ3n) is 3.84. The van der Waals surface area contributed by atoms with Gasteiger partial charge in [0.2, 0.25) is 0 Å². The second-order valence-electron chi connectivity index (χ2n) is 5.51. The van der Waals surface area contributed by atoms with Gasteiger partial charge in [-0.25, -0.2) is 4.79 Å². The normalized spacial score (nSPS) is 10.5. The zero-order valence-electron chi connectivity index (χ0n) is 13.0. The fourth-order valence-electron chi connectivity index (χ4n) is 2.67. The Balaban J connectivity index is 2.04. The van der Waals surface area contributed by atoms with E-state index in [-0.39, 0.29) is 11.6 Å². The molecular weight excluding hydrogens is 300 g/mol. The minimum absolute atomic E-state index is 0.158. The molecule has 0 aliphatic heterocycles. The van der Waals surface area contributed by atoms with E-state index in [4.69, 9.17) is 5.73 Å². The summed E-state index contributed by atoms with van der Waals surface area (Å²) in [5.74, 6) is -1.01. The standard InChI is InChI=1S/C20H18N2O2/c21-16-11-12-18(17(13-16)20(23)24)22-19(14-7-3-1-4-8-14)15-9-5-2-6-10-15/h1-13,19,22H,21H2,(H,23,24). The predicted octanol–water partition coefficient (Wildman–Crippen LogP) is 4.17. The van der Waals surface area contributed by atoms with Crippen molar-refractivity contribution in [2.45, 2.75) is 6.04 Å². The average Bonchev–Trinajstić information content (AvgIpc) is 2.62. The first-order valence-electron chi connectivity index (χ1n) is 7.64. The van der Waals surface area contributed by atoms with Crippen LogP contribution in [0.2, 0.25) is 0 Å². The number of carbonyl (C=O) groups is 1. The van der Waals surface area contributed by atoms with Crippen LogP contribution in [0.25, 0.3) is 0 Å². The molecule has 3 rings (SSSR count). The van der Waals surface area contributed by atoms with E-state index in [2.05, 4.69) is 5.32 Å². The first kappa shape index (κ1) is 15.6. The Morgan fingerprint density at radius 2 is 1.42 bits per heavy atom. The predicted molar refractivity (Wildman–Crippen MR) is 96.2 cm³/mol. The molecule has 24 heavy (non-hydrogen) atoms. The number of rotatable bonds is 5. The number of carboxylic acid groups (broad SMARTS) is 1.